The highest BCUT2D eigenvalue weighted by Gasteiger charge is 2.17. The Kier molecular flexibility index (Phi) is 5.17. The van der Waals surface area contributed by atoms with E-state index in [9.17, 15) is 9.18 Å². The molecule has 1 amide bonds. The lowest BCUT2D eigenvalue weighted by Crippen LogP contribution is -2.39. The second-order valence-corrected chi connectivity index (χ2v) is 5.98. The normalized spacial score (nSPS) is 16.9. The van der Waals surface area contributed by atoms with Crippen LogP contribution in [0.4, 0.5) is 10.1 Å². The number of carbonyl (C=O) groups excluding carboxylic acids is 1. The Morgan fingerprint density at radius 2 is 2.10 bits per heavy atom. The fourth-order valence-corrected chi connectivity index (χ4v) is 2.67. The molecule has 2 rings (SSSR count). The van der Waals surface area contributed by atoms with Crippen molar-refractivity contribution in [1.82, 2.24) is 10.2 Å². The number of benzene rings is 1. The average Bonchev–Trinajstić information content (AvgIpc) is 2.44. The molecule has 0 spiro atoms. The summed E-state index contributed by atoms with van der Waals surface area (Å²) in [6.07, 6.45) is 2.41. The van der Waals surface area contributed by atoms with E-state index in [0.717, 1.165) is 25.6 Å². The number of anilines is 1. The molecule has 4 nitrogen and oxygen atoms in total. The first-order valence-corrected chi connectivity index (χ1v) is 7.53. The number of carbonyl (C=O) groups is 1. The molecule has 1 aliphatic rings. The van der Waals surface area contributed by atoms with E-state index < -0.39 is 11.7 Å². The van der Waals surface area contributed by atoms with Gasteiger partial charge in [-0.15, -0.1) is 0 Å². The lowest BCUT2D eigenvalue weighted by Gasteiger charge is -2.30. The second-order valence-electron chi connectivity index (χ2n) is 5.98. The van der Waals surface area contributed by atoms with E-state index in [-0.39, 0.29) is 5.56 Å². The average molecular weight is 293 g/mol. The number of amides is 1. The standard InChI is InChI=1S/C16H24FN3O/c1-11-3-6-20(7-4-11)8-5-19-16(21)14-10-13(18)9-12(2)15(14)17/h9-11H,3-8,18H2,1-2H3,(H,19,21). The highest BCUT2D eigenvalue weighted by Crippen LogP contribution is 2.17. The van der Waals surface area contributed by atoms with E-state index in [1.807, 2.05) is 0 Å². The first kappa shape index (κ1) is 15.8. The number of hydrogen-bond donors (Lipinski definition) is 2. The van der Waals surface area contributed by atoms with Crippen LogP contribution < -0.4 is 11.1 Å². The lowest BCUT2D eigenvalue weighted by molar-refractivity contribution is 0.0940. The molecule has 1 fully saturated rings. The van der Waals surface area contributed by atoms with Crippen LogP contribution in [-0.4, -0.2) is 37.0 Å². The summed E-state index contributed by atoms with van der Waals surface area (Å²) >= 11 is 0. The molecule has 1 aromatic carbocycles. The summed E-state index contributed by atoms with van der Waals surface area (Å²) < 4.78 is 13.9. The summed E-state index contributed by atoms with van der Waals surface area (Å²) in [7, 11) is 0. The van der Waals surface area contributed by atoms with E-state index in [0.29, 0.717) is 17.8 Å². The predicted molar refractivity (Wildman–Crippen MR) is 82.7 cm³/mol. The van der Waals surface area contributed by atoms with Gasteiger partial charge in [-0.05, 0) is 56.5 Å². The number of halogens is 1. The van der Waals surface area contributed by atoms with Gasteiger partial charge in [0, 0.05) is 18.8 Å². The topological polar surface area (TPSA) is 58.4 Å². The van der Waals surface area contributed by atoms with Crippen LogP contribution >= 0.6 is 0 Å². The summed E-state index contributed by atoms with van der Waals surface area (Å²) in [6, 6.07) is 2.92. The van der Waals surface area contributed by atoms with Gasteiger partial charge >= 0.3 is 0 Å². The number of likely N-dealkylation sites (tertiary alicyclic amines) is 1. The minimum absolute atomic E-state index is 0.0276. The minimum atomic E-state index is -0.492. The molecule has 3 N–H and O–H groups in total. The van der Waals surface area contributed by atoms with Gasteiger partial charge in [0.1, 0.15) is 5.82 Å². The van der Waals surface area contributed by atoms with Crippen LogP contribution in [0.15, 0.2) is 12.1 Å². The smallest absolute Gasteiger partial charge is 0.254 e. The van der Waals surface area contributed by atoms with E-state index in [1.165, 1.54) is 25.0 Å². The summed E-state index contributed by atoms with van der Waals surface area (Å²) in [5.74, 6) is -0.0954. The second kappa shape index (κ2) is 6.89. The lowest BCUT2D eigenvalue weighted by atomic mass is 9.99. The molecule has 21 heavy (non-hydrogen) atoms. The van der Waals surface area contributed by atoms with E-state index in [4.69, 9.17) is 5.73 Å². The molecule has 0 bridgehead atoms. The highest BCUT2D eigenvalue weighted by atomic mass is 19.1. The van der Waals surface area contributed by atoms with Crippen molar-refractivity contribution in [2.45, 2.75) is 26.7 Å². The molecule has 0 unspecified atom stereocenters. The third-order valence-electron chi connectivity index (χ3n) is 4.11. The SMILES string of the molecule is Cc1cc(N)cc(C(=O)NCCN2CCC(C)CC2)c1F. The van der Waals surface area contributed by atoms with Crippen molar-refractivity contribution in [3.8, 4) is 0 Å². The maximum atomic E-state index is 13.9. The zero-order chi connectivity index (χ0) is 15.4. The van der Waals surface area contributed by atoms with Gasteiger partial charge in [-0.2, -0.15) is 0 Å². The quantitative estimate of drug-likeness (QED) is 0.837. The van der Waals surface area contributed by atoms with Crippen molar-refractivity contribution < 1.29 is 9.18 Å². The van der Waals surface area contributed by atoms with Gasteiger partial charge in [-0.25, -0.2) is 4.39 Å². The zero-order valence-corrected chi connectivity index (χ0v) is 12.8. The zero-order valence-electron chi connectivity index (χ0n) is 12.8. The van der Waals surface area contributed by atoms with Crippen LogP contribution in [0.2, 0.25) is 0 Å². The largest absolute Gasteiger partial charge is 0.399 e. The number of nitrogen functional groups attached to an aromatic ring is 1. The monoisotopic (exact) mass is 293 g/mol. The fraction of sp³-hybridized carbons (Fsp3) is 0.562. The molecule has 1 heterocycles. The summed E-state index contributed by atoms with van der Waals surface area (Å²) in [6.45, 7) is 7.36. The van der Waals surface area contributed by atoms with Crippen LogP contribution in [0, 0.1) is 18.7 Å². The maximum Gasteiger partial charge on any atom is 0.254 e. The number of nitrogens with two attached hydrogens (primary N) is 1. The molecule has 0 atom stereocenters. The molecule has 0 aromatic heterocycles. The van der Waals surface area contributed by atoms with Crippen molar-refractivity contribution in [3.63, 3.8) is 0 Å². The van der Waals surface area contributed by atoms with Crippen LogP contribution in [0.25, 0.3) is 0 Å². The number of hydrogen-bond acceptors (Lipinski definition) is 3. The molecule has 0 radical (unpaired) electrons. The molecule has 1 aromatic rings. The summed E-state index contributed by atoms with van der Waals surface area (Å²) in [5.41, 5.74) is 6.50. The summed E-state index contributed by atoms with van der Waals surface area (Å²) in [4.78, 5) is 14.4. The maximum absolute atomic E-state index is 13.9. The number of nitrogens with zero attached hydrogens (tertiary/aromatic N) is 1. The van der Waals surface area contributed by atoms with Crippen molar-refractivity contribution in [2.24, 2.45) is 5.92 Å². The molecule has 0 aliphatic carbocycles. The molecule has 1 saturated heterocycles. The third kappa shape index (κ3) is 4.17. The van der Waals surface area contributed by atoms with Crippen LogP contribution in [0.5, 0.6) is 0 Å². The molecule has 0 saturated carbocycles. The van der Waals surface area contributed by atoms with Gasteiger partial charge in [-0.3, -0.25) is 4.79 Å². The number of piperidine rings is 1. The third-order valence-corrected chi connectivity index (χ3v) is 4.11. The Morgan fingerprint density at radius 3 is 2.76 bits per heavy atom. The van der Waals surface area contributed by atoms with Gasteiger partial charge in [-0.1, -0.05) is 6.92 Å². The molecular weight excluding hydrogens is 269 g/mol. The number of rotatable bonds is 4. The predicted octanol–water partition coefficient (Wildman–Crippen LogP) is 2.18. The van der Waals surface area contributed by atoms with Gasteiger partial charge in [0.2, 0.25) is 0 Å². The van der Waals surface area contributed by atoms with Crippen molar-refractivity contribution in [3.05, 3.63) is 29.1 Å². The van der Waals surface area contributed by atoms with Gasteiger partial charge in [0.15, 0.2) is 0 Å². The molecular formula is C16H24FN3O. The number of nitrogens with one attached hydrogen (secondary N) is 1. The van der Waals surface area contributed by atoms with Crippen LogP contribution in [0.1, 0.15) is 35.7 Å². The van der Waals surface area contributed by atoms with Crippen LogP contribution in [0.3, 0.4) is 0 Å². The van der Waals surface area contributed by atoms with Crippen LogP contribution in [-0.2, 0) is 0 Å². The van der Waals surface area contributed by atoms with E-state index in [2.05, 4.69) is 17.1 Å². The Morgan fingerprint density at radius 1 is 1.43 bits per heavy atom. The first-order chi connectivity index (χ1) is 9.97. The van der Waals surface area contributed by atoms with Crippen molar-refractivity contribution >= 4 is 11.6 Å². The molecule has 1 aliphatic heterocycles. The highest BCUT2D eigenvalue weighted by molar-refractivity contribution is 5.95. The first-order valence-electron chi connectivity index (χ1n) is 7.53. The van der Waals surface area contributed by atoms with E-state index in [1.54, 1.807) is 6.92 Å². The van der Waals surface area contributed by atoms with Crippen molar-refractivity contribution in [2.75, 3.05) is 31.9 Å². The summed E-state index contributed by atoms with van der Waals surface area (Å²) in [5, 5.41) is 2.78. The molecule has 116 valence electrons. The minimum Gasteiger partial charge on any atom is -0.399 e. The Bertz CT molecular complexity index is 510. The fourth-order valence-electron chi connectivity index (χ4n) is 2.67. The molecule has 5 heteroatoms. The Balaban J connectivity index is 1.85. The van der Waals surface area contributed by atoms with Gasteiger partial charge in [0.05, 0.1) is 5.56 Å². The van der Waals surface area contributed by atoms with Crippen molar-refractivity contribution in [1.29, 1.82) is 0 Å². The Hall–Kier alpha value is -1.62. The number of aryl methyl sites for hydroxylation is 1. The Labute approximate surface area is 125 Å². The van der Waals surface area contributed by atoms with Gasteiger partial charge < -0.3 is 16.0 Å². The van der Waals surface area contributed by atoms with Gasteiger partial charge in [0.25, 0.3) is 5.91 Å². The van der Waals surface area contributed by atoms with E-state index >= 15 is 0 Å².